The topological polar surface area (TPSA) is 72.3 Å². The second-order valence-electron chi connectivity index (χ2n) is 7.52. The van der Waals surface area contributed by atoms with Gasteiger partial charge in [0.05, 0.1) is 28.5 Å². The van der Waals surface area contributed by atoms with Gasteiger partial charge in [0.1, 0.15) is 11.5 Å². The van der Waals surface area contributed by atoms with Crippen LogP contribution in [0.25, 0.3) is 32.8 Å². The molecule has 2 heterocycles. The summed E-state index contributed by atoms with van der Waals surface area (Å²) in [5, 5.41) is 11.5. The van der Waals surface area contributed by atoms with Crippen LogP contribution in [0.4, 0.5) is 0 Å². The number of fused-ring (bicyclic) bond motifs is 7. The molecular weight excluding hydrogens is 376 g/mol. The summed E-state index contributed by atoms with van der Waals surface area (Å²) < 4.78 is 5.78. The zero-order valence-corrected chi connectivity index (χ0v) is 15.9. The number of para-hydroxylation sites is 2. The molecule has 0 saturated carbocycles. The Morgan fingerprint density at radius 2 is 1.43 bits per heavy atom. The molecule has 0 fully saturated rings. The average molecular weight is 392 g/mol. The van der Waals surface area contributed by atoms with Crippen LogP contribution in [0.5, 0.6) is 11.5 Å². The van der Waals surface area contributed by atoms with Gasteiger partial charge >= 0.3 is 5.97 Å². The fourth-order valence-corrected chi connectivity index (χ4v) is 4.36. The fourth-order valence-electron chi connectivity index (χ4n) is 4.36. The van der Waals surface area contributed by atoms with E-state index >= 15 is 0 Å². The number of nitrogens with zero attached hydrogens (tertiary/aromatic N) is 2. The number of hydrogen-bond donors (Lipinski definition) is 1. The number of phenolic OH excluding ortho intramolecular Hbond substituents is 1. The van der Waals surface area contributed by atoms with Crippen molar-refractivity contribution in [3.63, 3.8) is 0 Å². The Bertz CT molecular complexity index is 1480. The Hall–Kier alpha value is -3.99. The number of ether oxygens (including phenoxy) is 1. The Morgan fingerprint density at radius 3 is 2.17 bits per heavy atom. The maximum Gasteiger partial charge on any atom is 0.312 e. The summed E-state index contributed by atoms with van der Waals surface area (Å²) in [4.78, 5) is 22.4. The molecule has 0 unspecified atom stereocenters. The fraction of sp³-hybridized carbons (Fsp3) is 0.0800. The quantitative estimate of drug-likeness (QED) is 0.186. The Balaban J connectivity index is 1.78. The monoisotopic (exact) mass is 392 g/mol. The summed E-state index contributed by atoms with van der Waals surface area (Å²) in [6, 6.07) is 22.6. The molecule has 5 nitrogen and oxygen atoms in total. The lowest BCUT2D eigenvalue weighted by Gasteiger charge is -2.27. The van der Waals surface area contributed by atoms with Crippen LogP contribution in [0.2, 0.25) is 0 Å². The Morgan fingerprint density at radius 1 is 0.800 bits per heavy atom. The average Bonchev–Trinajstić information content (AvgIpc) is 2.78. The molecule has 1 aliphatic rings. The van der Waals surface area contributed by atoms with Crippen LogP contribution in [0, 0.1) is 0 Å². The van der Waals surface area contributed by atoms with E-state index in [1.165, 1.54) is 0 Å². The smallest absolute Gasteiger partial charge is 0.312 e. The van der Waals surface area contributed by atoms with Crippen LogP contribution in [-0.4, -0.2) is 21.0 Å². The third-order valence-corrected chi connectivity index (χ3v) is 5.73. The van der Waals surface area contributed by atoms with Gasteiger partial charge in [0.15, 0.2) is 0 Å². The molecule has 0 bridgehead atoms. The molecule has 1 atom stereocenters. The zero-order chi connectivity index (χ0) is 20.2. The van der Waals surface area contributed by atoms with Crippen LogP contribution >= 0.6 is 0 Å². The van der Waals surface area contributed by atoms with Crippen LogP contribution in [0.3, 0.4) is 0 Å². The third-order valence-electron chi connectivity index (χ3n) is 5.73. The van der Waals surface area contributed by atoms with E-state index < -0.39 is 0 Å². The first-order valence-corrected chi connectivity index (χ1v) is 9.80. The van der Waals surface area contributed by atoms with Crippen LogP contribution < -0.4 is 4.74 Å². The van der Waals surface area contributed by atoms with Crippen LogP contribution in [-0.2, 0) is 4.79 Å². The van der Waals surface area contributed by atoms with Gasteiger partial charge in [-0.2, -0.15) is 0 Å². The van der Waals surface area contributed by atoms with Crippen molar-refractivity contribution < 1.29 is 14.6 Å². The molecule has 4 aromatic carbocycles. The van der Waals surface area contributed by atoms with E-state index in [0.29, 0.717) is 5.75 Å². The Kier molecular flexibility index (Phi) is 3.53. The summed E-state index contributed by atoms with van der Waals surface area (Å²) in [6.07, 6.45) is 0.208. The van der Waals surface area contributed by atoms with Gasteiger partial charge in [-0.1, -0.05) is 48.5 Å². The van der Waals surface area contributed by atoms with E-state index in [0.717, 1.165) is 44.0 Å². The number of aromatic hydroxyl groups is 1. The third kappa shape index (κ3) is 2.45. The summed E-state index contributed by atoms with van der Waals surface area (Å²) in [7, 11) is 0. The number of benzene rings is 4. The van der Waals surface area contributed by atoms with Crippen molar-refractivity contribution in [3.05, 3.63) is 83.9 Å². The summed E-state index contributed by atoms with van der Waals surface area (Å²) in [5.74, 6) is 0.228. The van der Waals surface area contributed by atoms with Crippen LogP contribution in [0.15, 0.2) is 72.8 Å². The minimum atomic E-state index is -0.279. The van der Waals surface area contributed by atoms with Crippen molar-refractivity contribution in [1.82, 2.24) is 9.97 Å². The SMILES string of the molecule is O=C1C[C@H](c2ccc(O)cc2)c2c(c3ccccc3c3nc4ccccc4nc23)O1. The summed E-state index contributed by atoms with van der Waals surface area (Å²) in [6.45, 7) is 0. The molecule has 1 aromatic heterocycles. The molecule has 5 aromatic rings. The maximum atomic E-state index is 12.6. The van der Waals surface area contributed by atoms with Crippen molar-refractivity contribution in [2.45, 2.75) is 12.3 Å². The normalized spacial score (nSPS) is 16.0. The Labute approximate surface area is 171 Å². The molecular formula is C25H16N2O3. The largest absolute Gasteiger partial charge is 0.508 e. The lowest BCUT2D eigenvalue weighted by Crippen LogP contribution is -2.22. The first-order chi connectivity index (χ1) is 14.7. The molecule has 1 N–H and O–H groups in total. The molecule has 0 amide bonds. The predicted octanol–water partition coefficient (Wildman–Crippen LogP) is 5.08. The standard InChI is InChI=1S/C25H16N2O3/c28-15-11-9-14(10-12-15)18-13-21(29)30-25-17-6-2-1-5-16(17)23-24(22(18)25)27-20-8-4-3-7-19(20)26-23/h1-12,18,28H,13H2/t18-/m1/s1. The van der Waals surface area contributed by atoms with E-state index in [1.807, 2.05) is 60.7 Å². The highest BCUT2D eigenvalue weighted by atomic mass is 16.5. The number of carbonyl (C=O) groups is 1. The van der Waals surface area contributed by atoms with E-state index in [4.69, 9.17) is 14.7 Å². The van der Waals surface area contributed by atoms with Crippen molar-refractivity contribution >= 4 is 38.8 Å². The van der Waals surface area contributed by atoms with Gasteiger partial charge < -0.3 is 9.84 Å². The van der Waals surface area contributed by atoms with Crippen LogP contribution in [0.1, 0.15) is 23.5 Å². The van der Waals surface area contributed by atoms with E-state index in [2.05, 4.69) is 0 Å². The first kappa shape index (κ1) is 16.9. The highest BCUT2D eigenvalue weighted by molar-refractivity contribution is 6.12. The minimum absolute atomic E-state index is 0.187. The molecule has 0 spiro atoms. The second-order valence-corrected chi connectivity index (χ2v) is 7.52. The number of hydrogen-bond acceptors (Lipinski definition) is 5. The molecule has 1 aliphatic heterocycles. The molecule has 0 saturated heterocycles. The number of esters is 1. The predicted molar refractivity (Wildman–Crippen MR) is 115 cm³/mol. The minimum Gasteiger partial charge on any atom is -0.508 e. The highest BCUT2D eigenvalue weighted by Crippen LogP contribution is 2.47. The number of rotatable bonds is 1. The highest BCUT2D eigenvalue weighted by Gasteiger charge is 2.33. The van der Waals surface area contributed by atoms with Crippen molar-refractivity contribution in [2.24, 2.45) is 0 Å². The molecule has 144 valence electrons. The van der Waals surface area contributed by atoms with E-state index in [-0.39, 0.29) is 24.1 Å². The second kappa shape index (κ2) is 6.26. The van der Waals surface area contributed by atoms with Gasteiger partial charge in [0.2, 0.25) is 0 Å². The van der Waals surface area contributed by atoms with Crippen molar-refractivity contribution in [2.75, 3.05) is 0 Å². The van der Waals surface area contributed by atoms with Gasteiger partial charge in [0.25, 0.3) is 0 Å². The molecule has 5 heteroatoms. The zero-order valence-electron chi connectivity index (χ0n) is 15.9. The van der Waals surface area contributed by atoms with E-state index in [9.17, 15) is 9.90 Å². The molecule has 0 radical (unpaired) electrons. The van der Waals surface area contributed by atoms with Gasteiger partial charge in [0, 0.05) is 22.3 Å². The number of phenols is 1. The van der Waals surface area contributed by atoms with Crippen molar-refractivity contribution in [1.29, 1.82) is 0 Å². The summed E-state index contributed by atoms with van der Waals surface area (Å²) >= 11 is 0. The first-order valence-electron chi connectivity index (χ1n) is 9.80. The number of carbonyl (C=O) groups excluding carboxylic acids is 1. The molecule has 0 aliphatic carbocycles. The van der Waals surface area contributed by atoms with Gasteiger partial charge in [-0.25, -0.2) is 9.97 Å². The summed E-state index contributed by atoms with van der Waals surface area (Å²) in [5.41, 5.74) is 4.95. The van der Waals surface area contributed by atoms with Gasteiger partial charge in [-0.3, -0.25) is 4.79 Å². The lowest BCUT2D eigenvalue weighted by atomic mass is 9.83. The molecule has 30 heavy (non-hydrogen) atoms. The van der Waals surface area contributed by atoms with Crippen molar-refractivity contribution in [3.8, 4) is 11.5 Å². The lowest BCUT2D eigenvalue weighted by molar-refractivity contribution is -0.135. The maximum absolute atomic E-state index is 12.6. The van der Waals surface area contributed by atoms with Gasteiger partial charge in [-0.05, 0) is 29.8 Å². The van der Waals surface area contributed by atoms with Gasteiger partial charge in [-0.15, -0.1) is 0 Å². The van der Waals surface area contributed by atoms with E-state index in [1.54, 1.807) is 12.1 Å². The molecule has 6 rings (SSSR count). The number of aromatic nitrogens is 2.